The van der Waals surface area contributed by atoms with Crippen molar-refractivity contribution in [1.82, 2.24) is 5.32 Å². The third-order valence-electron chi connectivity index (χ3n) is 3.42. The molecule has 0 saturated heterocycles. The molecule has 22 heavy (non-hydrogen) atoms. The van der Waals surface area contributed by atoms with Gasteiger partial charge in [-0.05, 0) is 24.8 Å². The normalized spacial score (nSPS) is 10.2. The highest BCUT2D eigenvalue weighted by molar-refractivity contribution is 5.78. The molecule has 122 valence electrons. The van der Waals surface area contributed by atoms with E-state index in [4.69, 9.17) is 4.74 Å². The first-order valence-electron chi connectivity index (χ1n) is 8.18. The van der Waals surface area contributed by atoms with Crippen LogP contribution < -0.4 is 5.32 Å². The molecule has 4 nitrogen and oxygen atoms in total. The zero-order valence-corrected chi connectivity index (χ0v) is 13.5. The van der Waals surface area contributed by atoms with Crippen LogP contribution in [0.3, 0.4) is 0 Å². The summed E-state index contributed by atoms with van der Waals surface area (Å²) in [6.45, 7) is 2.98. The number of Topliss-reactive ketones (excluding diaryl/α,β-unsaturated/α-hetero) is 1. The summed E-state index contributed by atoms with van der Waals surface area (Å²) < 4.78 is 5.11. The van der Waals surface area contributed by atoms with Crippen molar-refractivity contribution in [2.45, 2.75) is 58.5 Å². The van der Waals surface area contributed by atoms with E-state index in [2.05, 4.69) is 12.2 Å². The predicted molar refractivity (Wildman–Crippen MR) is 87.6 cm³/mol. The van der Waals surface area contributed by atoms with E-state index in [0.29, 0.717) is 31.8 Å². The molecule has 1 aromatic carbocycles. The van der Waals surface area contributed by atoms with Crippen LogP contribution in [0, 0.1) is 0 Å². The first-order chi connectivity index (χ1) is 10.7. The maximum absolute atomic E-state index is 11.5. The molecule has 0 aliphatic rings. The van der Waals surface area contributed by atoms with Crippen molar-refractivity contribution in [3.05, 3.63) is 35.9 Å². The smallest absolute Gasteiger partial charge is 0.407 e. The van der Waals surface area contributed by atoms with Crippen molar-refractivity contribution in [2.24, 2.45) is 0 Å². The minimum Gasteiger partial charge on any atom is -0.445 e. The van der Waals surface area contributed by atoms with Gasteiger partial charge in [0.1, 0.15) is 12.4 Å². The van der Waals surface area contributed by atoms with Crippen molar-refractivity contribution >= 4 is 11.9 Å². The zero-order valence-electron chi connectivity index (χ0n) is 13.5. The Hall–Kier alpha value is -1.84. The number of ether oxygens (including phenoxy) is 1. The molecule has 1 rings (SSSR count). The Balaban J connectivity index is 1.96. The van der Waals surface area contributed by atoms with Gasteiger partial charge in [-0.3, -0.25) is 4.79 Å². The predicted octanol–water partition coefficient (Wildman–Crippen LogP) is 4.23. The first-order valence-corrected chi connectivity index (χ1v) is 8.18. The summed E-state index contributed by atoms with van der Waals surface area (Å²) in [5, 5.41) is 2.73. The quantitative estimate of drug-likeness (QED) is 0.622. The van der Waals surface area contributed by atoms with Crippen LogP contribution in [0.1, 0.15) is 57.4 Å². The van der Waals surface area contributed by atoms with Gasteiger partial charge < -0.3 is 10.1 Å². The van der Waals surface area contributed by atoms with Gasteiger partial charge in [0.2, 0.25) is 0 Å². The molecular weight excluding hydrogens is 278 g/mol. The molecule has 0 aromatic heterocycles. The fourth-order valence-corrected chi connectivity index (χ4v) is 2.09. The monoisotopic (exact) mass is 305 g/mol. The molecule has 0 saturated carbocycles. The summed E-state index contributed by atoms with van der Waals surface area (Å²) in [6.07, 6.45) is 5.79. The number of benzene rings is 1. The Kier molecular flexibility index (Phi) is 9.75. The van der Waals surface area contributed by atoms with Crippen LogP contribution >= 0.6 is 0 Å². The summed E-state index contributed by atoms with van der Waals surface area (Å²) in [7, 11) is 0. The fourth-order valence-electron chi connectivity index (χ4n) is 2.09. The summed E-state index contributed by atoms with van der Waals surface area (Å²) >= 11 is 0. The lowest BCUT2D eigenvalue weighted by molar-refractivity contribution is -0.119. The lowest BCUT2D eigenvalue weighted by Crippen LogP contribution is -2.25. The third kappa shape index (κ3) is 9.16. The minimum atomic E-state index is -0.386. The van der Waals surface area contributed by atoms with Crippen molar-refractivity contribution < 1.29 is 14.3 Å². The molecule has 0 spiro atoms. The molecule has 0 heterocycles. The maximum Gasteiger partial charge on any atom is 0.407 e. The highest BCUT2D eigenvalue weighted by atomic mass is 16.5. The number of rotatable bonds is 11. The second kappa shape index (κ2) is 11.8. The molecular formula is C18H27NO3. The van der Waals surface area contributed by atoms with Gasteiger partial charge in [0, 0.05) is 19.4 Å². The van der Waals surface area contributed by atoms with Gasteiger partial charge in [-0.2, -0.15) is 0 Å². The lowest BCUT2D eigenvalue weighted by atomic mass is 10.1. The summed E-state index contributed by atoms with van der Waals surface area (Å²) in [5.41, 5.74) is 0.975. The summed E-state index contributed by atoms with van der Waals surface area (Å²) in [4.78, 5) is 23.0. The van der Waals surface area contributed by atoms with Gasteiger partial charge in [0.25, 0.3) is 0 Å². The Morgan fingerprint density at radius 1 is 1.00 bits per heavy atom. The average molecular weight is 305 g/mol. The minimum absolute atomic E-state index is 0.290. The number of carbonyl (C=O) groups excluding carboxylic acids is 2. The molecule has 0 aliphatic heterocycles. The van der Waals surface area contributed by atoms with Gasteiger partial charge in [-0.25, -0.2) is 4.79 Å². The van der Waals surface area contributed by atoms with Gasteiger partial charge in [0.05, 0.1) is 0 Å². The molecule has 0 aliphatic carbocycles. The maximum atomic E-state index is 11.5. The summed E-state index contributed by atoms with van der Waals surface area (Å²) in [6, 6.07) is 9.60. The van der Waals surface area contributed by atoms with E-state index in [1.165, 1.54) is 0 Å². The third-order valence-corrected chi connectivity index (χ3v) is 3.42. The molecule has 0 radical (unpaired) electrons. The van der Waals surface area contributed by atoms with Crippen molar-refractivity contribution in [3.63, 3.8) is 0 Å². The molecule has 4 heteroatoms. The van der Waals surface area contributed by atoms with Crippen LogP contribution in [0.5, 0.6) is 0 Å². The second-order valence-electron chi connectivity index (χ2n) is 5.44. The molecule has 1 aromatic rings. The Morgan fingerprint density at radius 2 is 1.73 bits per heavy atom. The van der Waals surface area contributed by atoms with Crippen LogP contribution in [-0.4, -0.2) is 18.4 Å². The SMILES string of the molecule is CCCCC(=O)CCCCCNC(=O)OCc1ccccc1. The number of amides is 1. The number of ketones is 1. The highest BCUT2D eigenvalue weighted by Gasteiger charge is 2.03. The van der Waals surface area contributed by atoms with Crippen LogP contribution in [0.15, 0.2) is 30.3 Å². The zero-order chi connectivity index (χ0) is 16.0. The van der Waals surface area contributed by atoms with Crippen molar-refractivity contribution in [3.8, 4) is 0 Å². The topological polar surface area (TPSA) is 55.4 Å². The fraction of sp³-hybridized carbons (Fsp3) is 0.556. The molecule has 0 unspecified atom stereocenters. The van der Waals surface area contributed by atoms with E-state index in [1.807, 2.05) is 30.3 Å². The highest BCUT2D eigenvalue weighted by Crippen LogP contribution is 2.05. The largest absolute Gasteiger partial charge is 0.445 e. The van der Waals surface area contributed by atoms with E-state index in [9.17, 15) is 9.59 Å². The molecule has 0 atom stereocenters. The lowest BCUT2D eigenvalue weighted by Gasteiger charge is -2.07. The Labute approximate surface area is 133 Å². The summed E-state index contributed by atoms with van der Waals surface area (Å²) in [5.74, 6) is 0.358. The van der Waals surface area contributed by atoms with Gasteiger partial charge in [0.15, 0.2) is 0 Å². The van der Waals surface area contributed by atoms with E-state index in [-0.39, 0.29) is 6.09 Å². The van der Waals surface area contributed by atoms with Gasteiger partial charge in [-0.15, -0.1) is 0 Å². The Bertz CT molecular complexity index is 431. The number of hydrogen-bond donors (Lipinski definition) is 1. The number of unbranched alkanes of at least 4 members (excludes halogenated alkanes) is 3. The van der Waals surface area contributed by atoms with E-state index < -0.39 is 0 Å². The number of alkyl carbamates (subject to hydrolysis) is 1. The number of nitrogens with one attached hydrogen (secondary N) is 1. The Morgan fingerprint density at radius 3 is 2.45 bits per heavy atom. The van der Waals surface area contributed by atoms with Crippen LogP contribution in [0.25, 0.3) is 0 Å². The molecule has 1 N–H and O–H groups in total. The first kappa shape index (κ1) is 18.2. The number of carbonyl (C=O) groups is 2. The molecule has 0 bridgehead atoms. The second-order valence-corrected chi connectivity index (χ2v) is 5.44. The molecule has 1 amide bonds. The standard InChI is InChI=1S/C18H27NO3/c1-2-3-12-17(20)13-8-5-9-14-19-18(21)22-15-16-10-6-4-7-11-16/h4,6-7,10-11H,2-3,5,8-9,12-15H2,1H3,(H,19,21). The van der Waals surface area contributed by atoms with Crippen LogP contribution in [0.2, 0.25) is 0 Å². The van der Waals surface area contributed by atoms with Crippen LogP contribution in [0.4, 0.5) is 4.79 Å². The average Bonchev–Trinajstić information content (AvgIpc) is 2.55. The van der Waals surface area contributed by atoms with E-state index >= 15 is 0 Å². The number of hydrogen-bond acceptors (Lipinski definition) is 3. The van der Waals surface area contributed by atoms with E-state index in [0.717, 1.165) is 37.7 Å². The van der Waals surface area contributed by atoms with Crippen LogP contribution in [-0.2, 0) is 16.1 Å². The van der Waals surface area contributed by atoms with E-state index in [1.54, 1.807) is 0 Å². The van der Waals surface area contributed by atoms with Gasteiger partial charge >= 0.3 is 6.09 Å². The molecule has 0 fully saturated rings. The van der Waals surface area contributed by atoms with Gasteiger partial charge in [-0.1, -0.05) is 50.1 Å². The van der Waals surface area contributed by atoms with Crippen molar-refractivity contribution in [2.75, 3.05) is 6.54 Å². The van der Waals surface area contributed by atoms with Crippen molar-refractivity contribution in [1.29, 1.82) is 0 Å².